The molecule has 2 rings (SSSR count). The lowest BCUT2D eigenvalue weighted by Crippen LogP contribution is -2.14. The molecule has 1 nitrogen and oxygen atoms in total. The third-order valence-electron chi connectivity index (χ3n) is 2.89. The van der Waals surface area contributed by atoms with Gasteiger partial charge in [0, 0.05) is 12.2 Å². The van der Waals surface area contributed by atoms with Crippen LogP contribution in [0.2, 0.25) is 0 Å². The Hall–Kier alpha value is -1.05. The normalized spacial score (nSPS) is 17.1. The van der Waals surface area contributed by atoms with Crippen molar-refractivity contribution in [3.05, 3.63) is 29.3 Å². The molecule has 1 unspecified atom stereocenters. The van der Waals surface area contributed by atoms with E-state index in [1.807, 2.05) is 39.0 Å². The van der Waals surface area contributed by atoms with Crippen LogP contribution in [-0.4, -0.2) is 6.54 Å². The Labute approximate surface area is 90.7 Å². The molecule has 1 atom stereocenters. The van der Waals surface area contributed by atoms with Crippen molar-refractivity contribution in [2.45, 2.75) is 33.4 Å². The molecular weight excluding hydrogens is 189 g/mol. The molecule has 0 saturated heterocycles. The van der Waals surface area contributed by atoms with Crippen LogP contribution in [-0.2, 0) is 6.42 Å². The van der Waals surface area contributed by atoms with Gasteiger partial charge in [-0.15, -0.1) is 0 Å². The highest BCUT2D eigenvalue weighted by atomic mass is 19.1. The van der Waals surface area contributed by atoms with Crippen molar-refractivity contribution >= 4 is 5.69 Å². The maximum absolute atomic E-state index is 14.1. The molecule has 0 saturated carbocycles. The topological polar surface area (TPSA) is 12.0 Å². The Morgan fingerprint density at radius 2 is 2.07 bits per heavy atom. The van der Waals surface area contributed by atoms with Crippen molar-refractivity contribution in [1.29, 1.82) is 0 Å². The zero-order chi connectivity index (χ0) is 11.1. The first-order valence-electron chi connectivity index (χ1n) is 5.49. The standard InChI is InChI=1S/C13H18FN/c1-13(2,3)12(14)10-4-5-11-9(8-10)6-7-15-11/h4-5,8,12,15H,6-7H2,1-3H3. The maximum atomic E-state index is 14.1. The molecule has 1 N–H and O–H groups in total. The number of rotatable bonds is 1. The Kier molecular flexibility index (Phi) is 2.45. The summed E-state index contributed by atoms with van der Waals surface area (Å²) in [5.74, 6) is 0. The quantitative estimate of drug-likeness (QED) is 0.740. The largest absolute Gasteiger partial charge is 0.384 e. The summed E-state index contributed by atoms with van der Waals surface area (Å²) in [4.78, 5) is 0. The molecule has 1 aliphatic rings. The van der Waals surface area contributed by atoms with Gasteiger partial charge in [0.15, 0.2) is 0 Å². The fraction of sp³-hybridized carbons (Fsp3) is 0.538. The first kappa shape index (κ1) is 10.5. The van der Waals surface area contributed by atoms with Crippen molar-refractivity contribution in [1.82, 2.24) is 0 Å². The minimum atomic E-state index is -0.886. The minimum absolute atomic E-state index is 0.319. The Morgan fingerprint density at radius 3 is 2.73 bits per heavy atom. The second kappa shape index (κ2) is 3.51. The lowest BCUT2D eigenvalue weighted by Gasteiger charge is -2.24. The summed E-state index contributed by atoms with van der Waals surface area (Å²) in [7, 11) is 0. The number of benzene rings is 1. The molecule has 2 heteroatoms. The lowest BCUT2D eigenvalue weighted by atomic mass is 9.85. The molecule has 15 heavy (non-hydrogen) atoms. The third kappa shape index (κ3) is 1.99. The van der Waals surface area contributed by atoms with Gasteiger partial charge in [-0.25, -0.2) is 4.39 Å². The van der Waals surface area contributed by atoms with Gasteiger partial charge in [0.25, 0.3) is 0 Å². The van der Waals surface area contributed by atoms with E-state index < -0.39 is 6.17 Å². The molecule has 1 aliphatic heterocycles. The summed E-state index contributed by atoms with van der Waals surface area (Å²) in [6, 6.07) is 5.90. The predicted molar refractivity (Wildman–Crippen MR) is 61.9 cm³/mol. The highest BCUT2D eigenvalue weighted by molar-refractivity contribution is 5.56. The van der Waals surface area contributed by atoms with Gasteiger partial charge in [0.1, 0.15) is 6.17 Å². The lowest BCUT2D eigenvalue weighted by molar-refractivity contribution is 0.165. The van der Waals surface area contributed by atoms with Crippen LogP contribution < -0.4 is 5.32 Å². The number of hydrogen-bond donors (Lipinski definition) is 1. The Balaban J connectivity index is 2.31. The highest BCUT2D eigenvalue weighted by Crippen LogP contribution is 2.37. The molecule has 0 fully saturated rings. The zero-order valence-electron chi connectivity index (χ0n) is 9.60. The van der Waals surface area contributed by atoms with Crippen molar-refractivity contribution in [2.24, 2.45) is 5.41 Å². The Morgan fingerprint density at radius 1 is 1.33 bits per heavy atom. The van der Waals surface area contributed by atoms with Crippen LogP contribution in [0.1, 0.15) is 38.1 Å². The SMILES string of the molecule is CC(C)(C)C(F)c1ccc2c(c1)CCN2. The number of fused-ring (bicyclic) bond motifs is 1. The average Bonchev–Trinajstić information content (AvgIpc) is 2.61. The average molecular weight is 207 g/mol. The van der Waals surface area contributed by atoms with Crippen LogP contribution >= 0.6 is 0 Å². The number of halogens is 1. The van der Waals surface area contributed by atoms with Gasteiger partial charge in [-0.2, -0.15) is 0 Å². The van der Waals surface area contributed by atoms with Crippen LogP contribution in [0.3, 0.4) is 0 Å². The summed E-state index contributed by atoms with van der Waals surface area (Å²) in [5, 5.41) is 3.28. The second-order valence-electron chi connectivity index (χ2n) is 5.32. The first-order chi connectivity index (χ1) is 6.98. The summed E-state index contributed by atoms with van der Waals surface area (Å²) in [5.41, 5.74) is 2.91. The van der Waals surface area contributed by atoms with Gasteiger partial charge in [0.05, 0.1) is 0 Å². The molecule has 0 spiro atoms. The molecule has 0 amide bonds. The van der Waals surface area contributed by atoms with Crippen molar-refractivity contribution < 1.29 is 4.39 Å². The summed E-state index contributed by atoms with van der Waals surface area (Å²) < 4.78 is 14.1. The molecule has 1 aromatic carbocycles. The van der Waals surface area contributed by atoms with E-state index in [4.69, 9.17) is 0 Å². The van der Waals surface area contributed by atoms with Gasteiger partial charge in [-0.3, -0.25) is 0 Å². The first-order valence-corrected chi connectivity index (χ1v) is 5.49. The number of alkyl halides is 1. The van der Waals surface area contributed by atoms with Gasteiger partial charge < -0.3 is 5.32 Å². The molecule has 0 radical (unpaired) electrons. The zero-order valence-corrected chi connectivity index (χ0v) is 9.60. The van der Waals surface area contributed by atoms with Crippen LogP contribution in [0.15, 0.2) is 18.2 Å². The van der Waals surface area contributed by atoms with E-state index >= 15 is 0 Å². The molecule has 0 aromatic heterocycles. The van der Waals surface area contributed by atoms with Crippen molar-refractivity contribution in [3.63, 3.8) is 0 Å². The van der Waals surface area contributed by atoms with Crippen molar-refractivity contribution in [2.75, 3.05) is 11.9 Å². The van der Waals surface area contributed by atoms with Crippen LogP contribution in [0, 0.1) is 5.41 Å². The fourth-order valence-electron chi connectivity index (χ4n) is 1.98. The fourth-order valence-corrected chi connectivity index (χ4v) is 1.98. The molecule has 0 bridgehead atoms. The summed E-state index contributed by atoms with van der Waals surface area (Å²) >= 11 is 0. The van der Waals surface area contributed by atoms with E-state index in [0.29, 0.717) is 0 Å². The van der Waals surface area contributed by atoms with Gasteiger partial charge in [-0.1, -0.05) is 32.9 Å². The third-order valence-corrected chi connectivity index (χ3v) is 2.89. The molecular formula is C13H18FN. The van der Waals surface area contributed by atoms with Crippen LogP contribution in [0.4, 0.5) is 10.1 Å². The minimum Gasteiger partial charge on any atom is -0.384 e. The smallest absolute Gasteiger partial charge is 0.130 e. The maximum Gasteiger partial charge on any atom is 0.130 e. The van der Waals surface area contributed by atoms with Gasteiger partial charge in [0.2, 0.25) is 0 Å². The molecule has 82 valence electrons. The molecule has 1 aromatic rings. The second-order valence-corrected chi connectivity index (χ2v) is 5.32. The van der Waals surface area contributed by atoms with E-state index in [9.17, 15) is 4.39 Å². The van der Waals surface area contributed by atoms with E-state index in [2.05, 4.69) is 5.32 Å². The molecule has 0 aliphatic carbocycles. The van der Waals surface area contributed by atoms with Gasteiger partial charge >= 0.3 is 0 Å². The monoisotopic (exact) mass is 207 g/mol. The van der Waals surface area contributed by atoms with E-state index in [1.54, 1.807) is 0 Å². The van der Waals surface area contributed by atoms with Crippen LogP contribution in [0.25, 0.3) is 0 Å². The summed E-state index contributed by atoms with van der Waals surface area (Å²) in [6.07, 6.45) is 0.128. The number of hydrogen-bond acceptors (Lipinski definition) is 1. The van der Waals surface area contributed by atoms with E-state index in [0.717, 1.165) is 18.5 Å². The summed E-state index contributed by atoms with van der Waals surface area (Å²) in [6.45, 7) is 6.78. The molecule has 1 heterocycles. The predicted octanol–water partition coefficient (Wildman–Crippen LogP) is 3.71. The Bertz CT molecular complexity index is 365. The van der Waals surface area contributed by atoms with E-state index in [-0.39, 0.29) is 5.41 Å². The van der Waals surface area contributed by atoms with E-state index in [1.165, 1.54) is 11.3 Å². The van der Waals surface area contributed by atoms with Crippen LogP contribution in [0.5, 0.6) is 0 Å². The van der Waals surface area contributed by atoms with Crippen molar-refractivity contribution in [3.8, 4) is 0 Å². The number of nitrogens with one attached hydrogen (secondary N) is 1. The number of anilines is 1. The van der Waals surface area contributed by atoms with Gasteiger partial charge in [-0.05, 0) is 29.0 Å². The highest BCUT2D eigenvalue weighted by Gasteiger charge is 2.26.